The van der Waals surface area contributed by atoms with Gasteiger partial charge in [0.1, 0.15) is 6.04 Å². The lowest BCUT2D eigenvalue weighted by Gasteiger charge is -2.21. The molecule has 1 heterocycles. The molecule has 6 nitrogen and oxygen atoms in total. The molecule has 25 heavy (non-hydrogen) atoms. The molecule has 1 aromatic carbocycles. The van der Waals surface area contributed by atoms with Crippen LogP contribution in [0.4, 0.5) is 0 Å². The minimum atomic E-state index is -0.718. The van der Waals surface area contributed by atoms with Gasteiger partial charge in [0.2, 0.25) is 11.8 Å². The molecule has 136 valence electrons. The second-order valence-electron chi connectivity index (χ2n) is 6.51. The summed E-state index contributed by atoms with van der Waals surface area (Å²) in [6, 6.07) is 6.41. The quantitative estimate of drug-likeness (QED) is 0.640. The summed E-state index contributed by atoms with van der Waals surface area (Å²) in [7, 11) is 0. The molecule has 1 aliphatic rings. The van der Waals surface area contributed by atoms with Crippen LogP contribution in [0.15, 0.2) is 28.7 Å². The topological polar surface area (TPSA) is 98.5 Å². The maximum Gasteiger partial charge on any atom is 0.240 e. The van der Waals surface area contributed by atoms with E-state index in [1.165, 1.54) is 0 Å². The summed E-state index contributed by atoms with van der Waals surface area (Å²) in [5.41, 5.74) is 6.02. The van der Waals surface area contributed by atoms with Crippen LogP contribution in [0.25, 0.3) is 0 Å². The van der Waals surface area contributed by atoms with Gasteiger partial charge in [-0.05, 0) is 24.5 Å². The number of hydrogen-bond acceptors (Lipinski definition) is 4. The first-order valence-corrected chi connectivity index (χ1v) is 9.11. The third kappa shape index (κ3) is 5.93. The lowest BCUT2D eigenvalue weighted by atomic mass is 9.95. The minimum absolute atomic E-state index is 0.0107. The molecule has 0 radical (unpaired) electrons. The van der Waals surface area contributed by atoms with Crippen LogP contribution in [-0.2, 0) is 14.3 Å². The number of halogens is 1. The molecule has 1 aromatic rings. The van der Waals surface area contributed by atoms with Crippen LogP contribution in [0.1, 0.15) is 36.5 Å². The van der Waals surface area contributed by atoms with Crippen LogP contribution in [-0.4, -0.2) is 36.9 Å². The van der Waals surface area contributed by atoms with E-state index in [0.717, 1.165) is 4.47 Å². The minimum Gasteiger partial charge on any atom is -0.381 e. The highest BCUT2D eigenvalue weighted by atomic mass is 79.9. The average Bonchev–Trinajstić information content (AvgIpc) is 3.06. The highest BCUT2D eigenvalue weighted by Crippen LogP contribution is 2.18. The van der Waals surface area contributed by atoms with Crippen LogP contribution < -0.4 is 11.1 Å². The predicted molar refractivity (Wildman–Crippen MR) is 96.9 cm³/mol. The molecule has 1 fully saturated rings. The molecule has 2 amide bonds. The molecule has 0 bridgehead atoms. The van der Waals surface area contributed by atoms with Gasteiger partial charge >= 0.3 is 0 Å². The summed E-state index contributed by atoms with van der Waals surface area (Å²) in [5.74, 6) is -1.05. The fourth-order valence-electron chi connectivity index (χ4n) is 2.93. The molecule has 1 aliphatic heterocycles. The van der Waals surface area contributed by atoms with Gasteiger partial charge in [-0.3, -0.25) is 14.4 Å². The first-order chi connectivity index (χ1) is 11.9. The number of rotatable bonds is 8. The SMILES string of the molecule is CC(CC(=O)NC(C(N)=O)C1CCOC1)CC(=O)c1ccc(Br)cc1. The van der Waals surface area contributed by atoms with E-state index in [9.17, 15) is 14.4 Å². The van der Waals surface area contributed by atoms with Crippen molar-refractivity contribution in [2.75, 3.05) is 13.2 Å². The largest absolute Gasteiger partial charge is 0.381 e. The Hall–Kier alpha value is -1.73. The van der Waals surface area contributed by atoms with Crippen molar-refractivity contribution in [1.82, 2.24) is 5.32 Å². The second-order valence-corrected chi connectivity index (χ2v) is 7.43. The van der Waals surface area contributed by atoms with Crippen molar-refractivity contribution in [3.05, 3.63) is 34.3 Å². The lowest BCUT2D eigenvalue weighted by Crippen LogP contribution is -2.49. The maximum absolute atomic E-state index is 12.2. The van der Waals surface area contributed by atoms with Gasteiger partial charge in [0, 0.05) is 35.4 Å². The van der Waals surface area contributed by atoms with E-state index in [1.807, 2.05) is 19.1 Å². The van der Waals surface area contributed by atoms with E-state index in [4.69, 9.17) is 10.5 Å². The number of carbonyl (C=O) groups is 3. The first-order valence-electron chi connectivity index (χ1n) is 8.32. The van der Waals surface area contributed by atoms with Crippen molar-refractivity contribution in [3.63, 3.8) is 0 Å². The monoisotopic (exact) mass is 410 g/mol. The third-order valence-electron chi connectivity index (χ3n) is 4.29. The van der Waals surface area contributed by atoms with Crippen LogP contribution in [0.5, 0.6) is 0 Å². The Kier molecular flexibility index (Phi) is 7.13. The van der Waals surface area contributed by atoms with Gasteiger partial charge in [-0.15, -0.1) is 0 Å². The van der Waals surface area contributed by atoms with Gasteiger partial charge in [-0.25, -0.2) is 0 Å². The summed E-state index contributed by atoms with van der Waals surface area (Å²) in [4.78, 5) is 36.1. The molecular formula is C18H23BrN2O4. The highest BCUT2D eigenvalue weighted by Gasteiger charge is 2.31. The average molecular weight is 411 g/mol. The van der Waals surface area contributed by atoms with Crippen LogP contribution >= 0.6 is 15.9 Å². The van der Waals surface area contributed by atoms with Gasteiger partial charge in [0.25, 0.3) is 0 Å². The normalized spacial score (nSPS) is 19.2. The van der Waals surface area contributed by atoms with Crippen LogP contribution in [0.3, 0.4) is 0 Å². The standard InChI is InChI=1S/C18H23BrN2O4/c1-11(8-15(22)12-2-4-14(19)5-3-12)9-16(23)21-17(18(20)24)13-6-7-25-10-13/h2-5,11,13,17H,6-10H2,1H3,(H2,20,24)(H,21,23). The van der Waals surface area contributed by atoms with Crippen LogP contribution in [0.2, 0.25) is 0 Å². The van der Waals surface area contributed by atoms with Crippen molar-refractivity contribution in [2.24, 2.45) is 17.6 Å². The molecule has 7 heteroatoms. The Balaban J connectivity index is 1.85. The summed E-state index contributed by atoms with van der Waals surface area (Å²) >= 11 is 3.33. The zero-order valence-electron chi connectivity index (χ0n) is 14.2. The summed E-state index contributed by atoms with van der Waals surface area (Å²) in [6.45, 7) is 2.84. The molecule has 0 saturated carbocycles. The number of nitrogens with two attached hydrogens (primary N) is 1. The van der Waals surface area contributed by atoms with E-state index >= 15 is 0 Å². The Morgan fingerprint density at radius 3 is 2.52 bits per heavy atom. The Bertz CT molecular complexity index is 626. The van der Waals surface area contributed by atoms with Crippen molar-refractivity contribution < 1.29 is 19.1 Å². The molecule has 3 N–H and O–H groups in total. The summed E-state index contributed by atoms with van der Waals surface area (Å²) in [6.07, 6.45) is 1.13. The molecule has 1 saturated heterocycles. The van der Waals surface area contributed by atoms with Crippen molar-refractivity contribution in [3.8, 4) is 0 Å². The molecular weight excluding hydrogens is 388 g/mol. The van der Waals surface area contributed by atoms with E-state index in [1.54, 1.807) is 12.1 Å². The Morgan fingerprint density at radius 1 is 1.28 bits per heavy atom. The first kappa shape index (κ1) is 19.6. The molecule has 0 spiro atoms. The summed E-state index contributed by atoms with van der Waals surface area (Å²) in [5, 5.41) is 2.70. The number of hydrogen-bond donors (Lipinski definition) is 2. The van der Waals surface area contributed by atoms with Crippen molar-refractivity contribution >= 4 is 33.5 Å². The van der Waals surface area contributed by atoms with E-state index in [-0.39, 0.29) is 36.4 Å². The maximum atomic E-state index is 12.2. The third-order valence-corrected chi connectivity index (χ3v) is 4.82. The summed E-state index contributed by atoms with van der Waals surface area (Å²) < 4.78 is 6.16. The number of benzene rings is 1. The van der Waals surface area contributed by atoms with Crippen molar-refractivity contribution in [1.29, 1.82) is 0 Å². The predicted octanol–water partition coefficient (Wildman–Crippen LogP) is 2.05. The van der Waals surface area contributed by atoms with Gasteiger partial charge in [0.05, 0.1) is 6.61 Å². The van der Waals surface area contributed by atoms with Gasteiger partial charge in [-0.2, -0.15) is 0 Å². The van der Waals surface area contributed by atoms with Crippen LogP contribution in [0, 0.1) is 11.8 Å². The van der Waals surface area contributed by atoms with Gasteiger partial charge in [-0.1, -0.05) is 35.0 Å². The lowest BCUT2D eigenvalue weighted by molar-refractivity contribution is -0.129. The Morgan fingerprint density at radius 2 is 1.96 bits per heavy atom. The number of Topliss-reactive ketones (excluding diaryl/α,β-unsaturated/α-hetero) is 1. The fourth-order valence-corrected chi connectivity index (χ4v) is 3.19. The zero-order chi connectivity index (χ0) is 18.4. The number of ketones is 1. The zero-order valence-corrected chi connectivity index (χ0v) is 15.8. The van der Waals surface area contributed by atoms with E-state index < -0.39 is 11.9 Å². The number of nitrogens with one attached hydrogen (secondary N) is 1. The van der Waals surface area contributed by atoms with Gasteiger partial charge in [0.15, 0.2) is 5.78 Å². The second kappa shape index (κ2) is 9.10. The van der Waals surface area contributed by atoms with E-state index in [0.29, 0.717) is 25.2 Å². The number of primary amides is 1. The fraction of sp³-hybridized carbons (Fsp3) is 0.500. The Labute approximate surface area is 155 Å². The van der Waals surface area contributed by atoms with Gasteiger partial charge < -0.3 is 15.8 Å². The van der Waals surface area contributed by atoms with Crippen molar-refractivity contribution in [2.45, 2.75) is 32.2 Å². The molecule has 3 unspecified atom stereocenters. The number of amides is 2. The molecule has 3 atom stereocenters. The highest BCUT2D eigenvalue weighted by molar-refractivity contribution is 9.10. The molecule has 0 aromatic heterocycles. The smallest absolute Gasteiger partial charge is 0.240 e. The molecule has 0 aliphatic carbocycles. The number of ether oxygens (including phenoxy) is 1. The molecule has 2 rings (SSSR count). The van der Waals surface area contributed by atoms with E-state index in [2.05, 4.69) is 21.2 Å². The number of carbonyl (C=O) groups excluding carboxylic acids is 3.